The summed E-state index contributed by atoms with van der Waals surface area (Å²) in [5.74, 6) is 2.16. The summed E-state index contributed by atoms with van der Waals surface area (Å²) in [4.78, 5) is 5.48. The fourth-order valence-electron chi connectivity index (χ4n) is 1.18. The smallest absolute Gasteiger partial charge is 0.126 e. The fraction of sp³-hybridized carbons (Fsp3) is 0.545. The van der Waals surface area contributed by atoms with Gasteiger partial charge in [0.2, 0.25) is 0 Å². The first-order chi connectivity index (χ1) is 6.86. The van der Waals surface area contributed by atoms with Crippen LogP contribution in [0.2, 0.25) is 0 Å². The zero-order valence-electron chi connectivity index (χ0n) is 8.92. The molecule has 0 bridgehead atoms. The highest BCUT2D eigenvalue weighted by molar-refractivity contribution is 7.99. The molecule has 1 rings (SSSR count). The van der Waals surface area contributed by atoms with Gasteiger partial charge in [0.1, 0.15) is 5.82 Å². The third kappa shape index (κ3) is 4.01. The van der Waals surface area contributed by atoms with Crippen LogP contribution in [0.15, 0.2) is 23.2 Å². The molecule has 0 atom stereocenters. The second-order valence-corrected chi connectivity index (χ2v) is 4.35. The lowest BCUT2D eigenvalue weighted by Crippen LogP contribution is -1.91. The zero-order chi connectivity index (χ0) is 10.2. The van der Waals surface area contributed by atoms with E-state index in [0.717, 1.165) is 5.82 Å². The Labute approximate surface area is 90.5 Å². The number of unbranched alkanes of at least 4 members (excludes halogenated alkanes) is 2. The molecule has 0 aliphatic carbocycles. The molecule has 0 aliphatic heterocycles. The Hall–Kier alpha value is -0.700. The van der Waals surface area contributed by atoms with Crippen molar-refractivity contribution in [3.05, 3.63) is 18.3 Å². The number of pyridine rings is 1. The predicted molar refractivity (Wildman–Crippen MR) is 64.0 cm³/mol. The van der Waals surface area contributed by atoms with Crippen molar-refractivity contribution >= 4 is 17.6 Å². The van der Waals surface area contributed by atoms with Crippen LogP contribution in [-0.4, -0.2) is 17.8 Å². The lowest BCUT2D eigenvalue weighted by molar-refractivity contribution is 0.778. The van der Waals surface area contributed by atoms with E-state index in [9.17, 15) is 0 Å². The predicted octanol–water partition coefficient (Wildman–Crippen LogP) is 3.41. The van der Waals surface area contributed by atoms with E-state index < -0.39 is 0 Å². The average Bonchev–Trinajstić information content (AvgIpc) is 2.25. The molecule has 0 amide bonds. The Kier molecular flexibility index (Phi) is 5.45. The lowest BCUT2D eigenvalue weighted by Gasteiger charge is -2.03. The van der Waals surface area contributed by atoms with Crippen LogP contribution in [0.5, 0.6) is 0 Å². The monoisotopic (exact) mass is 210 g/mol. The summed E-state index contributed by atoms with van der Waals surface area (Å²) in [5.41, 5.74) is 0. The molecule has 0 unspecified atom stereocenters. The van der Waals surface area contributed by atoms with Gasteiger partial charge >= 0.3 is 0 Å². The van der Waals surface area contributed by atoms with Crippen molar-refractivity contribution in [2.24, 2.45) is 0 Å². The summed E-state index contributed by atoms with van der Waals surface area (Å²) in [5, 5.41) is 3.04. The lowest BCUT2D eigenvalue weighted by atomic mass is 10.3. The largest absolute Gasteiger partial charge is 0.373 e. The minimum atomic E-state index is 0.950. The average molecular weight is 210 g/mol. The molecule has 1 heterocycles. The van der Waals surface area contributed by atoms with Crippen molar-refractivity contribution in [2.45, 2.75) is 31.1 Å². The maximum atomic E-state index is 4.18. The number of aromatic nitrogens is 1. The van der Waals surface area contributed by atoms with Gasteiger partial charge in [-0.2, -0.15) is 0 Å². The quantitative estimate of drug-likeness (QED) is 0.575. The highest BCUT2D eigenvalue weighted by Crippen LogP contribution is 2.21. The molecular formula is C11H18N2S. The normalized spacial score (nSPS) is 10.1. The van der Waals surface area contributed by atoms with Gasteiger partial charge in [-0.25, -0.2) is 4.98 Å². The summed E-state index contributed by atoms with van der Waals surface area (Å²) in [6, 6.07) is 4.16. The SMILES string of the molecule is CCCCCSc1ccnc(NC)c1. The van der Waals surface area contributed by atoms with Gasteiger partial charge in [-0.1, -0.05) is 19.8 Å². The molecule has 0 radical (unpaired) electrons. The summed E-state index contributed by atoms with van der Waals surface area (Å²) in [7, 11) is 1.90. The number of hydrogen-bond donors (Lipinski definition) is 1. The Morgan fingerprint density at radius 2 is 2.29 bits per heavy atom. The maximum absolute atomic E-state index is 4.18. The van der Waals surface area contributed by atoms with Crippen molar-refractivity contribution in [3.63, 3.8) is 0 Å². The first-order valence-electron chi connectivity index (χ1n) is 5.13. The van der Waals surface area contributed by atoms with Gasteiger partial charge in [-0.05, 0) is 24.3 Å². The molecule has 0 aliphatic rings. The van der Waals surface area contributed by atoms with Crippen LogP contribution in [0.3, 0.4) is 0 Å². The maximum Gasteiger partial charge on any atom is 0.126 e. The third-order valence-corrected chi connectivity index (χ3v) is 3.08. The van der Waals surface area contributed by atoms with E-state index in [4.69, 9.17) is 0 Å². The van der Waals surface area contributed by atoms with Gasteiger partial charge in [-0.3, -0.25) is 0 Å². The molecule has 0 fully saturated rings. The molecule has 2 nitrogen and oxygen atoms in total. The van der Waals surface area contributed by atoms with Gasteiger partial charge in [0.15, 0.2) is 0 Å². The van der Waals surface area contributed by atoms with Crippen molar-refractivity contribution < 1.29 is 0 Å². The van der Waals surface area contributed by atoms with Crippen LogP contribution in [0.25, 0.3) is 0 Å². The Morgan fingerprint density at radius 3 is 3.00 bits per heavy atom. The van der Waals surface area contributed by atoms with Gasteiger partial charge < -0.3 is 5.32 Å². The molecule has 0 spiro atoms. The topological polar surface area (TPSA) is 24.9 Å². The number of rotatable bonds is 6. The van der Waals surface area contributed by atoms with E-state index in [1.807, 2.05) is 25.0 Å². The standard InChI is InChI=1S/C11H18N2S/c1-3-4-5-8-14-10-6-7-13-11(9-10)12-2/h6-7,9H,3-5,8H2,1-2H3,(H,12,13). The highest BCUT2D eigenvalue weighted by atomic mass is 32.2. The van der Waals surface area contributed by atoms with Crippen molar-refractivity contribution in [1.29, 1.82) is 0 Å². The molecule has 1 aromatic heterocycles. The summed E-state index contributed by atoms with van der Waals surface area (Å²) in [6.45, 7) is 2.23. The van der Waals surface area contributed by atoms with Crippen molar-refractivity contribution in [2.75, 3.05) is 18.1 Å². The Bertz CT molecular complexity index is 263. The van der Waals surface area contributed by atoms with Crippen LogP contribution >= 0.6 is 11.8 Å². The van der Waals surface area contributed by atoms with E-state index >= 15 is 0 Å². The van der Waals surface area contributed by atoms with Crippen LogP contribution in [-0.2, 0) is 0 Å². The molecule has 1 aromatic rings. The van der Waals surface area contributed by atoms with Gasteiger partial charge in [0.25, 0.3) is 0 Å². The summed E-state index contributed by atoms with van der Waals surface area (Å²) < 4.78 is 0. The van der Waals surface area contributed by atoms with Crippen LogP contribution < -0.4 is 5.32 Å². The van der Waals surface area contributed by atoms with E-state index in [2.05, 4.69) is 29.4 Å². The minimum absolute atomic E-state index is 0.950. The second kappa shape index (κ2) is 6.71. The van der Waals surface area contributed by atoms with Crippen LogP contribution in [0.4, 0.5) is 5.82 Å². The Balaban J connectivity index is 2.34. The molecular weight excluding hydrogens is 192 g/mol. The summed E-state index contributed by atoms with van der Waals surface area (Å²) in [6.07, 6.45) is 5.78. The van der Waals surface area contributed by atoms with Gasteiger partial charge in [-0.15, -0.1) is 11.8 Å². The minimum Gasteiger partial charge on any atom is -0.373 e. The highest BCUT2D eigenvalue weighted by Gasteiger charge is 1.95. The number of nitrogens with zero attached hydrogens (tertiary/aromatic N) is 1. The van der Waals surface area contributed by atoms with E-state index in [-0.39, 0.29) is 0 Å². The fourth-order valence-corrected chi connectivity index (χ4v) is 2.12. The molecule has 0 saturated heterocycles. The molecule has 3 heteroatoms. The molecule has 0 aromatic carbocycles. The van der Waals surface area contributed by atoms with Crippen molar-refractivity contribution in [3.8, 4) is 0 Å². The van der Waals surface area contributed by atoms with E-state index in [1.54, 1.807) is 0 Å². The summed E-state index contributed by atoms with van der Waals surface area (Å²) >= 11 is 1.91. The van der Waals surface area contributed by atoms with Crippen LogP contribution in [0, 0.1) is 0 Å². The molecule has 78 valence electrons. The number of thioether (sulfide) groups is 1. The van der Waals surface area contributed by atoms with Crippen LogP contribution in [0.1, 0.15) is 26.2 Å². The number of hydrogen-bond acceptors (Lipinski definition) is 3. The third-order valence-electron chi connectivity index (χ3n) is 2.00. The first kappa shape index (κ1) is 11.4. The van der Waals surface area contributed by atoms with Gasteiger partial charge in [0, 0.05) is 18.1 Å². The zero-order valence-corrected chi connectivity index (χ0v) is 9.73. The van der Waals surface area contributed by atoms with Crippen molar-refractivity contribution in [1.82, 2.24) is 4.98 Å². The second-order valence-electron chi connectivity index (χ2n) is 3.18. The van der Waals surface area contributed by atoms with E-state index in [1.165, 1.54) is 29.9 Å². The molecule has 0 saturated carbocycles. The molecule has 14 heavy (non-hydrogen) atoms. The Morgan fingerprint density at radius 1 is 1.43 bits per heavy atom. The first-order valence-corrected chi connectivity index (χ1v) is 6.12. The van der Waals surface area contributed by atoms with Gasteiger partial charge in [0.05, 0.1) is 0 Å². The number of nitrogens with one attached hydrogen (secondary N) is 1. The number of anilines is 1. The molecule has 1 N–H and O–H groups in total. The van der Waals surface area contributed by atoms with E-state index in [0.29, 0.717) is 0 Å².